The summed E-state index contributed by atoms with van der Waals surface area (Å²) in [5.74, 6) is -2.45. The van der Waals surface area contributed by atoms with Gasteiger partial charge in [0.15, 0.2) is 23.5 Å². The number of nitrogens with two attached hydrogens (primary N) is 1. The molecule has 6 unspecified atom stereocenters. The van der Waals surface area contributed by atoms with Crippen molar-refractivity contribution in [2.75, 3.05) is 19.0 Å². The van der Waals surface area contributed by atoms with Crippen LogP contribution in [0.2, 0.25) is 0 Å². The molecule has 17 heteroatoms. The highest BCUT2D eigenvalue weighted by Crippen LogP contribution is 2.47. The molecule has 2 aromatic heterocycles. The molecular formula is C27H34FN6O9P. The number of para-hydroxylation sites is 1. The highest BCUT2D eigenvalue weighted by Gasteiger charge is 2.49. The van der Waals surface area contributed by atoms with Crippen molar-refractivity contribution in [3.05, 3.63) is 47.0 Å². The average Bonchev–Trinajstić information content (AvgIpc) is 3.71. The number of ether oxygens (including phenoxy) is 3. The molecule has 44 heavy (non-hydrogen) atoms. The third kappa shape index (κ3) is 7.09. The number of rotatable bonds is 12. The van der Waals surface area contributed by atoms with E-state index in [1.165, 1.54) is 17.8 Å². The summed E-state index contributed by atoms with van der Waals surface area (Å²) in [6.45, 7) is 1.09. The number of nitrogens with zero attached hydrogens (tertiary/aromatic N) is 3. The SMILES string of the molecule is CC(=O)OC1C(CF)C(COP(=O)(NC(C)C(=O)OC2CCCC2)Oc2ccccc2)OC1n1cnc2c(=O)[nH]c(N)nc21. The summed E-state index contributed by atoms with van der Waals surface area (Å²) in [6, 6.07) is 7.07. The number of benzene rings is 1. The summed E-state index contributed by atoms with van der Waals surface area (Å²) in [4.78, 5) is 47.6. The van der Waals surface area contributed by atoms with Gasteiger partial charge in [0.05, 0.1) is 31.6 Å². The standard InChI is InChI=1S/C27H34FN6O9P/c1-15(26(37)41-17-8-6-7-9-17)33-44(38,43-18-10-4-3-5-11-18)39-13-20-19(12-28)22(40-16(2)35)25(42-20)34-14-30-21-23(34)31-27(29)32-24(21)36/h3-5,10-11,14-15,17,19-20,22,25H,6-9,12-13H2,1-2H3,(H,33,38)(H3,29,31,32,36). The van der Waals surface area contributed by atoms with Gasteiger partial charge in [0.1, 0.15) is 17.9 Å². The first-order chi connectivity index (χ1) is 21.1. The number of carbonyl (C=O) groups is 2. The van der Waals surface area contributed by atoms with Crippen LogP contribution in [0.4, 0.5) is 10.3 Å². The second-order valence-electron chi connectivity index (χ2n) is 10.6. The predicted molar refractivity (Wildman–Crippen MR) is 153 cm³/mol. The van der Waals surface area contributed by atoms with E-state index in [1.54, 1.807) is 30.3 Å². The maximum absolute atomic E-state index is 14.6. The van der Waals surface area contributed by atoms with Crippen molar-refractivity contribution in [2.45, 2.75) is 70.1 Å². The number of nitrogens with one attached hydrogen (secondary N) is 2. The summed E-state index contributed by atoms with van der Waals surface area (Å²) in [5, 5.41) is 2.62. The summed E-state index contributed by atoms with van der Waals surface area (Å²) >= 11 is 0. The number of aromatic nitrogens is 4. The molecule has 1 saturated heterocycles. The molecule has 2 fully saturated rings. The highest BCUT2D eigenvalue weighted by atomic mass is 31.2. The fraction of sp³-hybridized carbons (Fsp3) is 0.519. The Morgan fingerprint density at radius 1 is 1.25 bits per heavy atom. The Morgan fingerprint density at radius 2 is 1.98 bits per heavy atom. The van der Waals surface area contributed by atoms with Gasteiger partial charge in [-0.05, 0) is 44.7 Å². The van der Waals surface area contributed by atoms with Gasteiger partial charge in [-0.25, -0.2) is 9.55 Å². The van der Waals surface area contributed by atoms with Crippen molar-refractivity contribution in [3.63, 3.8) is 0 Å². The number of H-pyrrole nitrogens is 1. The van der Waals surface area contributed by atoms with Crippen molar-refractivity contribution in [1.29, 1.82) is 0 Å². The fourth-order valence-electron chi connectivity index (χ4n) is 5.26. The van der Waals surface area contributed by atoms with E-state index in [-0.39, 0.29) is 29.0 Å². The Bertz CT molecular complexity index is 1580. The molecule has 1 aromatic carbocycles. The first-order valence-corrected chi connectivity index (χ1v) is 15.7. The van der Waals surface area contributed by atoms with Crippen LogP contribution in [0, 0.1) is 5.92 Å². The van der Waals surface area contributed by atoms with E-state index in [2.05, 4.69) is 20.0 Å². The lowest BCUT2D eigenvalue weighted by Crippen LogP contribution is -2.38. The molecule has 0 spiro atoms. The molecule has 6 atom stereocenters. The molecule has 1 aliphatic heterocycles. The summed E-state index contributed by atoms with van der Waals surface area (Å²) in [7, 11) is -4.32. The quantitative estimate of drug-likeness (QED) is 0.194. The van der Waals surface area contributed by atoms with Gasteiger partial charge >= 0.3 is 19.7 Å². The van der Waals surface area contributed by atoms with Crippen LogP contribution in [0.15, 0.2) is 41.5 Å². The molecule has 15 nitrogen and oxygen atoms in total. The molecule has 5 rings (SSSR count). The van der Waals surface area contributed by atoms with E-state index in [0.29, 0.717) is 0 Å². The maximum atomic E-state index is 14.6. The minimum Gasteiger partial charge on any atom is -0.461 e. The van der Waals surface area contributed by atoms with Crippen molar-refractivity contribution < 1.29 is 41.8 Å². The Kier molecular flexibility index (Phi) is 9.63. The van der Waals surface area contributed by atoms with E-state index in [1.807, 2.05) is 0 Å². The Labute approximate surface area is 251 Å². The molecule has 0 amide bonds. The summed E-state index contributed by atoms with van der Waals surface area (Å²) in [5.41, 5.74) is 5.05. The highest BCUT2D eigenvalue weighted by molar-refractivity contribution is 7.52. The van der Waals surface area contributed by atoms with Crippen LogP contribution in [-0.4, -0.2) is 69.1 Å². The number of anilines is 1. The van der Waals surface area contributed by atoms with Crippen LogP contribution in [0.25, 0.3) is 11.2 Å². The van der Waals surface area contributed by atoms with Crippen molar-refractivity contribution >= 4 is 36.8 Å². The van der Waals surface area contributed by atoms with Gasteiger partial charge in [-0.2, -0.15) is 10.1 Å². The van der Waals surface area contributed by atoms with Gasteiger partial charge in [0.25, 0.3) is 5.56 Å². The van der Waals surface area contributed by atoms with Gasteiger partial charge in [0.2, 0.25) is 5.95 Å². The van der Waals surface area contributed by atoms with E-state index >= 15 is 0 Å². The number of aromatic amines is 1. The molecular weight excluding hydrogens is 602 g/mol. The summed E-state index contributed by atoms with van der Waals surface area (Å²) in [6.07, 6.45) is 0.890. The number of imidazole rings is 1. The predicted octanol–water partition coefficient (Wildman–Crippen LogP) is 2.78. The third-order valence-corrected chi connectivity index (χ3v) is 9.01. The van der Waals surface area contributed by atoms with Crippen LogP contribution in [-0.2, 0) is 32.9 Å². The number of hydrogen-bond acceptors (Lipinski definition) is 12. The maximum Gasteiger partial charge on any atom is 0.459 e. The summed E-state index contributed by atoms with van der Waals surface area (Å²) < 4.78 is 58.4. The zero-order valence-electron chi connectivity index (χ0n) is 24.1. The van der Waals surface area contributed by atoms with Crippen LogP contribution in [0.5, 0.6) is 5.75 Å². The van der Waals surface area contributed by atoms with Gasteiger partial charge in [-0.1, -0.05) is 18.2 Å². The lowest BCUT2D eigenvalue weighted by molar-refractivity contribution is -0.154. The van der Waals surface area contributed by atoms with Crippen LogP contribution in [0.3, 0.4) is 0 Å². The Morgan fingerprint density at radius 3 is 2.66 bits per heavy atom. The minimum atomic E-state index is -4.32. The van der Waals surface area contributed by atoms with Crippen LogP contribution < -0.4 is 20.9 Å². The number of fused-ring (bicyclic) bond motifs is 1. The number of esters is 2. The zero-order chi connectivity index (χ0) is 31.4. The fourth-order valence-corrected chi connectivity index (χ4v) is 6.77. The molecule has 3 heterocycles. The smallest absolute Gasteiger partial charge is 0.459 e. The Hall–Kier alpha value is -3.85. The number of halogens is 1. The lowest BCUT2D eigenvalue weighted by atomic mass is 10.00. The molecule has 1 saturated carbocycles. The second-order valence-corrected chi connectivity index (χ2v) is 12.3. The van der Waals surface area contributed by atoms with Crippen LogP contribution in [0.1, 0.15) is 45.8 Å². The van der Waals surface area contributed by atoms with Crippen molar-refractivity contribution in [2.24, 2.45) is 5.92 Å². The van der Waals surface area contributed by atoms with E-state index in [0.717, 1.165) is 32.6 Å². The molecule has 1 aliphatic carbocycles. The largest absolute Gasteiger partial charge is 0.461 e. The topological polar surface area (TPSA) is 199 Å². The first kappa shape index (κ1) is 31.6. The zero-order valence-corrected chi connectivity index (χ0v) is 25.0. The van der Waals surface area contributed by atoms with E-state index in [4.69, 9.17) is 29.0 Å². The first-order valence-electron chi connectivity index (χ1n) is 14.2. The molecule has 2 aliphatic rings. The van der Waals surface area contributed by atoms with Crippen molar-refractivity contribution in [3.8, 4) is 5.75 Å². The Balaban J connectivity index is 1.38. The molecule has 3 aromatic rings. The van der Waals surface area contributed by atoms with Gasteiger partial charge < -0.3 is 24.5 Å². The molecule has 238 valence electrons. The third-order valence-electron chi connectivity index (χ3n) is 7.37. The second kappa shape index (κ2) is 13.4. The number of hydrogen-bond donors (Lipinski definition) is 3. The average molecular weight is 637 g/mol. The lowest BCUT2D eigenvalue weighted by Gasteiger charge is -2.25. The number of carbonyl (C=O) groups excluding carboxylic acids is 2. The van der Waals surface area contributed by atoms with Crippen molar-refractivity contribution in [1.82, 2.24) is 24.6 Å². The number of nitrogen functional groups attached to an aromatic ring is 1. The van der Waals surface area contributed by atoms with E-state index < -0.39 is 68.9 Å². The van der Waals surface area contributed by atoms with Gasteiger partial charge in [-0.15, -0.1) is 0 Å². The van der Waals surface area contributed by atoms with Gasteiger partial charge in [-0.3, -0.25) is 32.8 Å². The number of alkyl halides is 1. The van der Waals surface area contributed by atoms with E-state index in [9.17, 15) is 23.3 Å². The molecule has 0 bridgehead atoms. The normalized spacial score (nSPS) is 24.2. The van der Waals surface area contributed by atoms with Crippen LogP contribution >= 0.6 is 7.75 Å². The minimum absolute atomic E-state index is 0.0157. The van der Waals surface area contributed by atoms with Gasteiger partial charge in [0, 0.05) is 6.92 Å². The molecule has 0 radical (unpaired) electrons. The monoisotopic (exact) mass is 636 g/mol. The molecule has 4 N–H and O–H groups in total.